The minimum atomic E-state index is -0.596. The van der Waals surface area contributed by atoms with Crippen molar-refractivity contribution in [3.05, 3.63) is 48.0 Å². The highest BCUT2D eigenvalue weighted by atomic mass is 16.5. The summed E-state index contributed by atoms with van der Waals surface area (Å²) in [5.74, 6) is 2.41. The fraction of sp³-hybridized carbons (Fsp3) is 0.409. The Morgan fingerprint density at radius 1 is 0.893 bits per heavy atom. The quantitative estimate of drug-likeness (QED) is 0.664. The van der Waals surface area contributed by atoms with E-state index in [0.29, 0.717) is 29.4 Å². The summed E-state index contributed by atoms with van der Waals surface area (Å²) < 4.78 is 21.8. The molecule has 0 spiro atoms. The molecule has 152 valence electrons. The van der Waals surface area contributed by atoms with Crippen molar-refractivity contribution in [3.63, 3.8) is 0 Å². The molecule has 28 heavy (non-hydrogen) atoms. The van der Waals surface area contributed by atoms with E-state index in [4.69, 9.17) is 18.9 Å². The first-order valence-electron chi connectivity index (χ1n) is 9.39. The molecule has 0 bridgehead atoms. The minimum absolute atomic E-state index is 0.157. The molecule has 0 aromatic heterocycles. The molecule has 6 nitrogen and oxygen atoms in total. The molecule has 6 heteroatoms. The predicted molar refractivity (Wildman–Crippen MR) is 108 cm³/mol. The zero-order chi connectivity index (χ0) is 20.5. The second-order valence-corrected chi connectivity index (χ2v) is 6.28. The normalized spacial score (nSPS) is 12.6. The van der Waals surface area contributed by atoms with Gasteiger partial charge in [-0.3, -0.25) is 4.79 Å². The van der Waals surface area contributed by atoms with Crippen LogP contribution < -0.4 is 24.3 Å². The fourth-order valence-corrected chi connectivity index (χ4v) is 2.92. The molecule has 2 aromatic rings. The van der Waals surface area contributed by atoms with Crippen molar-refractivity contribution in [3.8, 4) is 23.0 Å². The van der Waals surface area contributed by atoms with Gasteiger partial charge in [-0.1, -0.05) is 26.0 Å². The van der Waals surface area contributed by atoms with Gasteiger partial charge in [-0.25, -0.2) is 0 Å². The Kier molecular flexibility index (Phi) is 7.99. The van der Waals surface area contributed by atoms with Crippen LogP contribution in [0.4, 0.5) is 0 Å². The first kappa shape index (κ1) is 21.4. The van der Waals surface area contributed by atoms with Gasteiger partial charge in [0.15, 0.2) is 17.6 Å². The summed E-state index contributed by atoms with van der Waals surface area (Å²) in [5, 5.41) is 3.08. The van der Waals surface area contributed by atoms with Gasteiger partial charge in [-0.15, -0.1) is 0 Å². The van der Waals surface area contributed by atoms with Crippen LogP contribution >= 0.6 is 0 Å². The highest BCUT2D eigenvalue weighted by Gasteiger charge is 2.23. The summed E-state index contributed by atoms with van der Waals surface area (Å²) in [4.78, 5) is 12.8. The lowest BCUT2D eigenvalue weighted by Crippen LogP contribution is -2.39. The standard InChI is InChI=1S/C22H29NO5/c1-6-18(15-11-12-20(26-4)21(13-15)27-5)23-22(24)19(7-2)28-17-10-8-9-16(14-17)25-3/h8-14,18-19H,6-7H2,1-5H3,(H,23,24). The van der Waals surface area contributed by atoms with Crippen molar-refractivity contribution in [2.75, 3.05) is 21.3 Å². The van der Waals surface area contributed by atoms with Crippen LogP contribution in [0.3, 0.4) is 0 Å². The second-order valence-electron chi connectivity index (χ2n) is 6.28. The molecular formula is C22H29NO5. The van der Waals surface area contributed by atoms with E-state index in [1.807, 2.05) is 50.2 Å². The minimum Gasteiger partial charge on any atom is -0.497 e. The third kappa shape index (κ3) is 5.31. The van der Waals surface area contributed by atoms with Gasteiger partial charge in [0.2, 0.25) is 0 Å². The molecule has 0 heterocycles. The molecule has 0 aliphatic rings. The van der Waals surface area contributed by atoms with E-state index in [1.165, 1.54) is 0 Å². The molecule has 0 saturated heterocycles. The Morgan fingerprint density at radius 3 is 2.21 bits per heavy atom. The van der Waals surface area contributed by atoms with Crippen LogP contribution in [0, 0.1) is 0 Å². The topological polar surface area (TPSA) is 66.0 Å². The van der Waals surface area contributed by atoms with Crippen molar-refractivity contribution >= 4 is 5.91 Å². The molecule has 1 amide bonds. The lowest BCUT2D eigenvalue weighted by molar-refractivity contribution is -0.129. The average Bonchev–Trinajstić information content (AvgIpc) is 2.75. The van der Waals surface area contributed by atoms with Crippen LogP contribution in [0.15, 0.2) is 42.5 Å². The highest BCUT2D eigenvalue weighted by Crippen LogP contribution is 2.31. The largest absolute Gasteiger partial charge is 0.497 e. The third-order valence-electron chi connectivity index (χ3n) is 4.52. The number of hydrogen-bond donors (Lipinski definition) is 1. The summed E-state index contributed by atoms with van der Waals surface area (Å²) in [5.41, 5.74) is 0.949. The van der Waals surface area contributed by atoms with Gasteiger partial charge >= 0.3 is 0 Å². The third-order valence-corrected chi connectivity index (χ3v) is 4.52. The van der Waals surface area contributed by atoms with Gasteiger partial charge < -0.3 is 24.3 Å². The van der Waals surface area contributed by atoms with Crippen LogP contribution in [-0.2, 0) is 4.79 Å². The predicted octanol–water partition coefficient (Wildman–Crippen LogP) is 4.14. The summed E-state index contributed by atoms with van der Waals surface area (Å²) in [6.45, 7) is 3.94. The first-order chi connectivity index (χ1) is 13.6. The average molecular weight is 387 g/mol. The van der Waals surface area contributed by atoms with Crippen molar-refractivity contribution in [2.45, 2.75) is 38.8 Å². The smallest absolute Gasteiger partial charge is 0.261 e. The van der Waals surface area contributed by atoms with E-state index >= 15 is 0 Å². The van der Waals surface area contributed by atoms with Crippen LogP contribution in [0.2, 0.25) is 0 Å². The van der Waals surface area contributed by atoms with Crippen LogP contribution in [0.5, 0.6) is 23.0 Å². The molecule has 0 aliphatic carbocycles. The monoisotopic (exact) mass is 387 g/mol. The Balaban J connectivity index is 2.12. The van der Waals surface area contributed by atoms with Crippen molar-refractivity contribution in [1.82, 2.24) is 5.32 Å². The summed E-state index contributed by atoms with van der Waals surface area (Å²) in [6.07, 6.45) is 0.684. The van der Waals surface area contributed by atoms with Gasteiger partial charge in [0.25, 0.3) is 5.91 Å². The van der Waals surface area contributed by atoms with E-state index in [0.717, 1.165) is 12.0 Å². The number of ether oxygens (including phenoxy) is 4. The van der Waals surface area contributed by atoms with Gasteiger partial charge in [-0.2, -0.15) is 0 Å². The van der Waals surface area contributed by atoms with E-state index in [2.05, 4.69) is 5.32 Å². The van der Waals surface area contributed by atoms with Crippen LogP contribution in [0.25, 0.3) is 0 Å². The summed E-state index contributed by atoms with van der Waals surface area (Å²) in [6, 6.07) is 12.7. The fourth-order valence-electron chi connectivity index (χ4n) is 2.92. The zero-order valence-corrected chi connectivity index (χ0v) is 17.2. The molecule has 2 atom stereocenters. The molecule has 0 saturated carbocycles. The van der Waals surface area contributed by atoms with Gasteiger partial charge in [0.1, 0.15) is 11.5 Å². The number of carbonyl (C=O) groups is 1. The Bertz CT molecular complexity index is 777. The lowest BCUT2D eigenvalue weighted by atomic mass is 10.0. The maximum absolute atomic E-state index is 12.8. The van der Waals surface area contributed by atoms with E-state index in [9.17, 15) is 4.79 Å². The molecule has 0 radical (unpaired) electrons. The van der Waals surface area contributed by atoms with Gasteiger partial charge in [0.05, 0.1) is 27.4 Å². The zero-order valence-electron chi connectivity index (χ0n) is 17.2. The second kappa shape index (κ2) is 10.4. The van der Waals surface area contributed by atoms with Gasteiger partial charge in [-0.05, 0) is 42.7 Å². The van der Waals surface area contributed by atoms with Gasteiger partial charge in [0, 0.05) is 6.07 Å². The number of rotatable bonds is 10. The van der Waals surface area contributed by atoms with Crippen molar-refractivity contribution < 1.29 is 23.7 Å². The maximum Gasteiger partial charge on any atom is 0.261 e. The van der Waals surface area contributed by atoms with E-state index in [1.54, 1.807) is 27.4 Å². The van der Waals surface area contributed by atoms with E-state index in [-0.39, 0.29) is 11.9 Å². The molecule has 0 fully saturated rings. The molecular weight excluding hydrogens is 358 g/mol. The molecule has 2 unspecified atom stereocenters. The Hall–Kier alpha value is -2.89. The maximum atomic E-state index is 12.8. The highest BCUT2D eigenvalue weighted by molar-refractivity contribution is 5.81. The number of methoxy groups -OCH3 is 3. The van der Waals surface area contributed by atoms with Crippen molar-refractivity contribution in [2.24, 2.45) is 0 Å². The molecule has 2 rings (SSSR count). The number of carbonyl (C=O) groups excluding carboxylic acids is 1. The summed E-state index contributed by atoms with van der Waals surface area (Å²) in [7, 11) is 4.78. The van der Waals surface area contributed by atoms with E-state index < -0.39 is 6.10 Å². The van der Waals surface area contributed by atoms with Crippen LogP contribution in [0.1, 0.15) is 38.3 Å². The number of hydrogen-bond acceptors (Lipinski definition) is 5. The number of nitrogens with one attached hydrogen (secondary N) is 1. The summed E-state index contributed by atoms with van der Waals surface area (Å²) >= 11 is 0. The van der Waals surface area contributed by atoms with Crippen LogP contribution in [-0.4, -0.2) is 33.3 Å². The molecule has 1 N–H and O–H groups in total. The van der Waals surface area contributed by atoms with Crippen molar-refractivity contribution in [1.29, 1.82) is 0 Å². The number of benzene rings is 2. The molecule has 0 aliphatic heterocycles. The number of amides is 1. The Labute approximate surface area is 166 Å². The Morgan fingerprint density at radius 2 is 1.61 bits per heavy atom. The lowest BCUT2D eigenvalue weighted by Gasteiger charge is -2.23. The molecule has 2 aromatic carbocycles. The first-order valence-corrected chi connectivity index (χ1v) is 9.39. The SMILES string of the molecule is CCC(Oc1cccc(OC)c1)C(=O)NC(CC)c1ccc(OC)c(OC)c1.